The number of halogens is 1. The second-order valence-electron chi connectivity index (χ2n) is 6.43. The molecule has 0 aliphatic rings. The van der Waals surface area contributed by atoms with E-state index in [0.29, 0.717) is 21.0 Å². The van der Waals surface area contributed by atoms with E-state index in [9.17, 15) is 19.2 Å². The van der Waals surface area contributed by atoms with Crippen LogP contribution in [0.25, 0.3) is 11.1 Å². The molecule has 166 valence electrons. The van der Waals surface area contributed by atoms with Gasteiger partial charge in [-0.2, -0.15) is 0 Å². The van der Waals surface area contributed by atoms with Crippen molar-refractivity contribution in [1.29, 1.82) is 0 Å². The van der Waals surface area contributed by atoms with E-state index in [-0.39, 0.29) is 29.2 Å². The van der Waals surface area contributed by atoms with Crippen LogP contribution in [0.15, 0.2) is 47.2 Å². The number of anilines is 1. The Bertz CT molecular complexity index is 1140. The molecule has 7 nitrogen and oxygen atoms in total. The lowest BCUT2D eigenvalue weighted by Crippen LogP contribution is -2.21. The zero-order valence-corrected chi connectivity index (χ0v) is 19.3. The van der Waals surface area contributed by atoms with E-state index in [1.807, 2.05) is 0 Å². The first-order chi connectivity index (χ1) is 15.4. The summed E-state index contributed by atoms with van der Waals surface area (Å²) < 4.78 is 9.81. The lowest BCUT2D eigenvalue weighted by Gasteiger charge is -2.09. The Kier molecular flexibility index (Phi) is 8.15. The quantitative estimate of drug-likeness (QED) is 0.332. The highest BCUT2D eigenvalue weighted by Crippen LogP contribution is 2.39. The Morgan fingerprint density at radius 3 is 2.47 bits per heavy atom. The summed E-state index contributed by atoms with van der Waals surface area (Å²) in [6.07, 6.45) is -0.132. The number of rotatable bonds is 9. The van der Waals surface area contributed by atoms with E-state index >= 15 is 0 Å². The maximum absolute atomic E-state index is 12.4. The predicted octanol–water partition coefficient (Wildman–Crippen LogP) is 5.06. The molecule has 0 bridgehead atoms. The first-order valence-corrected chi connectivity index (χ1v) is 11.5. The van der Waals surface area contributed by atoms with Crippen LogP contribution < -0.4 is 5.32 Å². The Morgan fingerprint density at radius 1 is 1.00 bits per heavy atom. The molecule has 2 heterocycles. The molecule has 0 atom stereocenters. The van der Waals surface area contributed by atoms with Gasteiger partial charge in [0, 0.05) is 28.0 Å². The van der Waals surface area contributed by atoms with Crippen LogP contribution in [-0.2, 0) is 19.1 Å². The summed E-state index contributed by atoms with van der Waals surface area (Å²) in [4.78, 5) is 49.0. The van der Waals surface area contributed by atoms with Crippen molar-refractivity contribution in [3.63, 3.8) is 0 Å². The monoisotopic (exact) mass is 491 g/mol. The number of Topliss-reactive ketones (excluding diaryl/α,β-unsaturated/α-hetero) is 1. The molecule has 0 fully saturated rings. The van der Waals surface area contributed by atoms with Gasteiger partial charge in [-0.05, 0) is 17.5 Å². The van der Waals surface area contributed by atoms with Gasteiger partial charge in [0.2, 0.25) is 0 Å². The fourth-order valence-electron chi connectivity index (χ4n) is 2.79. The van der Waals surface area contributed by atoms with Gasteiger partial charge >= 0.3 is 11.9 Å². The topological polar surface area (TPSA) is 98.8 Å². The predicted molar refractivity (Wildman–Crippen MR) is 124 cm³/mol. The second kappa shape index (κ2) is 11.0. The van der Waals surface area contributed by atoms with Crippen LogP contribution >= 0.6 is 34.3 Å². The van der Waals surface area contributed by atoms with Gasteiger partial charge in [-0.15, -0.1) is 22.7 Å². The number of hydrogen-bond acceptors (Lipinski definition) is 8. The molecule has 2 aromatic heterocycles. The highest BCUT2D eigenvalue weighted by atomic mass is 35.5. The van der Waals surface area contributed by atoms with Gasteiger partial charge in [-0.25, -0.2) is 4.79 Å². The van der Waals surface area contributed by atoms with Crippen LogP contribution in [-0.4, -0.2) is 37.3 Å². The van der Waals surface area contributed by atoms with Crippen LogP contribution in [0.1, 0.15) is 32.9 Å². The Labute approximate surface area is 196 Å². The maximum Gasteiger partial charge on any atom is 0.341 e. The van der Waals surface area contributed by atoms with Crippen LogP contribution in [0.2, 0.25) is 5.02 Å². The SMILES string of the molecule is COC(=O)c1c(-c2ccccc2Cl)csc1NC(=O)COC(=O)CCC(=O)c1cccs1. The number of esters is 2. The molecule has 0 unspecified atom stereocenters. The Hall–Kier alpha value is -3.01. The highest BCUT2D eigenvalue weighted by Gasteiger charge is 2.23. The number of ether oxygens (including phenoxy) is 2. The highest BCUT2D eigenvalue weighted by molar-refractivity contribution is 7.15. The summed E-state index contributed by atoms with van der Waals surface area (Å²) in [6, 6.07) is 10.4. The molecule has 0 radical (unpaired) electrons. The number of amides is 1. The summed E-state index contributed by atoms with van der Waals surface area (Å²) in [5.41, 5.74) is 1.30. The third-order valence-corrected chi connectivity index (χ3v) is 6.45. The average molecular weight is 492 g/mol. The zero-order valence-electron chi connectivity index (χ0n) is 16.9. The Balaban J connectivity index is 1.61. The third-order valence-electron chi connectivity index (χ3n) is 4.31. The largest absolute Gasteiger partial charge is 0.465 e. The van der Waals surface area contributed by atoms with Crippen molar-refractivity contribution in [3.8, 4) is 11.1 Å². The Morgan fingerprint density at radius 2 is 1.78 bits per heavy atom. The van der Waals surface area contributed by atoms with Gasteiger partial charge in [0.15, 0.2) is 12.4 Å². The summed E-state index contributed by atoms with van der Waals surface area (Å²) in [5.74, 6) is -2.09. The molecule has 0 saturated carbocycles. The van der Waals surface area contributed by atoms with Gasteiger partial charge in [-0.1, -0.05) is 35.9 Å². The molecule has 3 rings (SSSR count). The van der Waals surface area contributed by atoms with Gasteiger partial charge in [-0.3, -0.25) is 14.4 Å². The molecule has 1 amide bonds. The van der Waals surface area contributed by atoms with Crippen molar-refractivity contribution in [2.45, 2.75) is 12.8 Å². The zero-order chi connectivity index (χ0) is 23.1. The van der Waals surface area contributed by atoms with Crippen LogP contribution in [0, 0.1) is 0 Å². The fraction of sp³-hybridized carbons (Fsp3) is 0.182. The lowest BCUT2D eigenvalue weighted by atomic mass is 10.0. The lowest BCUT2D eigenvalue weighted by molar-refractivity contribution is -0.147. The number of carbonyl (C=O) groups is 4. The molecule has 10 heteroatoms. The van der Waals surface area contributed by atoms with Gasteiger partial charge < -0.3 is 14.8 Å². The van der Waals surface area contributed by atoms with Crippen molar-refractivity contribution < 1.29 is 28.7 Å². The maximum atomic E-state index is 12.4. The first-order valence-electron chi connectivity index (χ1n) is 9.37. The van der Waals surface area contributed by atoms with Crippen LogP contribution in [0.3, 0.4) is 0 Å². The summed E-state index contributed by atoms with van der Waals surface area (Å²) in [7, 11) is 1.24. The minimum absolute atomic E-state index is 0.000422. The molecule has 0 aliphatic carbocycles. The molecule has 32 heavy (non-hydrogen) atoms. The second-order valence-corrected chi connectivity index (χ2v) is 8.67. The molecule has 1 aromatic carbocycles. The summed E-state index contributed by atoms with van der Waals surface area (Å²) >= 11 is 8.67. The van der Waals surface area contributed by atoms with Crippen molar-refractivity contribution >= 4 is 62.9 Å². The third kappa shape index (κ3) is 5.82. The van der Waals surface area contributed by atoms with E-state index in [2.05, 4.69) is 5.32 Å². The fourth-order valence-corrected chi connectivity index (χ4v) is 4.69. The number of carbonyl (C=O) groups excluding carboxylic acids is 4. The number of ketones is 1. The van der Waals surface area contributed by atoms with Crippen LogP contribution in [0.4, 0.5) is 5.00 Å². The number of benzene rings is 1. The number of nitrogens with one attached hydrogen (secondary N) is 1. The van der Waals surface area contributed by atoms with Crippen molar-refractivity contribution in [1.82, 2.24) is 0 Å². The first kappa shape index (κ1) is 23.6. The smallest absolute Gasteiger partial charge is 0.341 e. The molecular formula is C22H18ClNO6S2. The molecule has 0 aliphatic heterocycles. The van der Waals surface area contributed by atoms with E-state index in [1.165, 1.54) is 18.4 Å². The van der Waals surface area contributed by atoms with Crippen molar-refractivity contribution in [2.75, 3.05) is 19.0 Å². The molecule has 3 aromatic rings. The molecule has 0 spiro atoms. The van der Waals surface area contributed by atoms with Gasteiger partial charge in [0.1, 0.15) is 10.6 Å². The summed E-state index contributed by atoms with van der Waals surface area (Å²) in [5, 5.41) is 6.73. The number of thiophene rings is 2. The molecule has 1 N–H and O–H groups in total. The molecule has 0 saturated heterocycles. The number of hydrogen-bond donors (Lipinski definition) is 1. The average Bonchev–Trinajstić information content (AvgIpc) is 3.46. The van der Waals surface area contributed by atoms with Crippen LogP contribution in [0.5, 0.6) is 0 Å². The van der Waals surface area contributed by atoms with E-state index < -0.39 is 24.5 Å². The van der Waals surface area contributed by atoms with Crippen molar-refractivity contribution in [3.05, 3.63) is 62.6 Å². The van der Waals surface area contributed by atoms with E-state index in [0.717, 1.165) is 11.3 Å². The molecular weight excluding hydrogens is 474 g/mol. The minimum Gasteiger partial charge on any atom is -0.465 e. The van der Waals surface area contributed by atoms with E-state index in [1.54, 1.807) is 47.2 Å². The number of methoxy groups -OCH3 is 1. The van der Waals surface area contributed by atoms with Gasteiger partial charge in [0.05, 0.1) is 18.4 Å². The van der Waals surface area contributed by atoms with Gasteiger partial charge in [0.25, 0.3) is 5.91 Å². The standard InChI is InChI=1S/C22H18ClNO6S2/c1-29-22(28)20-14(13-5-2-3-6-15(13)23)12-32-21(20)24-18(26)11-30-19(27)9-8-16(25)17-7-4-10-31-17/h2-7,10,12H,8-9,11H2,1H3,(H,24,26). The summed E-state index contributed by atoms with van der Waals surface area (Å²) in [6.45, 7) is -0.550. The van der Waals surface area contributed by atoms with E-state index in [4.69, 9.17) is 21.1 Å². The minimum atomic E-state index is -0.666. The normalized spacial score (nSPS) is 10.4. The van der Waals surface area contributed by atoms with Crippen molar-refractivity contribution in [2.24, 2.45) is 0 Å².